The number of carbonyl (C=O) groups is 3. The highest BCUT2D eigenvalue weighted by Crippen LogP contribution is 2.40. The summed E-state index contributed by atoms with van der Waals surface area (Å²) in [6.45, 7) is 4.70. The van der Waals surface area contributed by atoms with Crippen LogP contribution in [-0.2, 0) is 20.0 Å². The van der Waals surface area contributed by atoms with Gasteiger partial charge in [0.25, 0.3) is 5.91 Å². The zero-order chi connectivity index (χ0) is 25.7. The number of hydrogen-bond donors (Lipinski definition) is 4. The fourth-order valence-corrected chi connectivity index (χ4v) is 4.09. The highest BCUT2D eigenvalue weighted by atomic mass is 35.5. The first kappa shape index (κ1) is 27.5. The van der Waals surface area contributed by atoms with Crippen LogP contribution in [0.15, 0.2) is 24.3 Å². The number of alkyl halides is 2. The molecule has 4 unspecified atom stereocenters. The van der Waals surface area contributed by atoms with E-state index < -0.39 is 41.3 Å². The van der Waals surface area contributed by atoms with Crippen molar-refractivity contribution in [2.75, 3.05) is 6.54 Å². The summed E-state index contributed by atoms with van der Waals surface area (Å²) in [5.74, 6) is -7.87. The molecule has 8 nitrogen and oxygen atoms in total. The molecule has 1 aromatic rings. The van der Waals surface area contributed by atoms with E-state index in [1.807, 2.05) is 11.4 Å². The molecule has 186 valence electrons. The van der Waals surface area contributed by atoms with Crippen LogP contribution in [0.1, 0.15) is 45.6 Å². The molecular weight excluding hydrogens is 470 g/mol. The first-order valence-corrected chi connectivity index (χ1v) is 11.3. The number of benzene rings is 1. The van der Waals surface area contributed by atoms with E-state index in [1.165, 1.54) is 24.3 Å². The van der Waals surface area contributed by atoms with Gasteiger partial charge in [-0.3, -0.25) is 14.4 Å². The Morgan fingerprint density at radius 2 is 1.97 bits per heavy atom. The minimum absolute atomic E-state index is 0.00392. The van der Waals surface area contributed by atoms with Gasteiger partial charge in [0.15, 0.2) is 5.60 Å². The molecule has 1 aromatic carbocycles. The molecule has 1 aliphatic heterocycles. The number of carbonyl (C=O) groups excluding carboxylic acids is 3. The second-order valence-electron chi connectivity index (χ2n) is 8.98. The summed E-state index contributed by atoms with van der Waals surface area (Å²) in [5.41, 5.74) is -3.31. The van der Waals surface area contributed by atoms with Gasteiger partial charge in [0.2, 0.25) is 11.8 Å². The molecule has 11 heteroatoms. The molecule has 3 amide bonds. The number of rotatable bonds is 10. The van der Waals surface area contributed by atoms with Crippen molar-refractivity contribution in [3.05, 3.63) is 34.9 Å². The van der Waals surface area contributed by atoms with E-state index in [0.717, 1.165) is 6.92 Å². The standard InChI is InChI=1S/C23H29ClF2N4O4/c1-13(2)10-18(20(32)29-15(12-27)11-14-8-9-28-19(14)31)30-21(33)23(25,26)22(3,34)16-6-4-5-7-17(16)24/h4-7,13-15,18,34H,8-11H2,1-3H3,(H,28,31)(H,29,32)(H,30,33). The monoisotopic (exact) mass is 498 g/mol. The van der Waals surface area contributed by atoms with Crippen LogP contribution in [0.25, 0.3) is 0 Å². The number of halogens is 3. The topological polar surface area (TPSA) is 131 Å². The summed E-state index contributed by atoms with van der Waals surface area (Å²) < 4.78 is 30.2. The quantitative estimate of drug-likeness (QED) is 0.393. The van der Waals surface area contributed by atoms with Crippen molar-refractivity contribution in [1.82, 2.24) is 16.0 Å². The van der Waals surface area contributed by atoms with Gasteiger partial charge in [0.05, 0.1) is 6.07 Å². The van der Waals surface area contributed by atoms with Gasteiger partial charge in [-0.15, -0.1) is 0 Å². The van der Waals surface area contributed by atoms with E-state index in [-0.39, 0.29) is 35.3 Å². The van der Waals surface area contributed by atoms with Crippen LogP contribution in [0.5, 0.6) is 0 Å². The number of nitriles is 1. The minimum atomic E-state index is -4.34. The number of hydrogen-bond acceptors (Lipinski definition) is 5. The highest BCUT2D eigenvalue weighted by molar-refractivity contribution is 6.31. The van der Waals surface area contributed by atoms with E-state index in [2.05, 4.69) is 10.6 Å². The Hall–Kier alpha value is -2.77. The smallest absolute Gasteiger partial charge is 0.356 e. The summed E-state index contributed by atoms with van der Waals surface area (Å²) in [4.78, 5) is 37.2. The Labute approximate surface area is 202 Å². The molecule has 0 bridgehead atoms. The van der Waals surface area contributed by atoms with Gasteiger partial charge >= 0.3 is 5.92 Å². The molecule has 0 radical (unpaired) electrons. The molecule has 4 N–H and O–H groups in total. The second-order valence-corrected chi connectivity index (χ2v) is 9.39. The number of nitrogens with zero attached hydrogens (tertiary/aromatic N) is 1. The second kappa shape index (κ2) is 11.1. The predicted octanol–water partition coefficient (Wildman–Crippen LogP) is 2.25. The molecular formula is C23H29ClF2N4O4. The third kappa shape index (κ3) is 6.21. The van der Waals surface area contributed by atoms with Crippen LogP contribution in [0, 0.1) is 23.2 Å². The normalized spacial score (nSPS) is 19.5. The molecule has 34 heavy (non-hydrogen) atoms. The largest absolute Gasteiger partial charge is 0.378 e. The van der Waals surface area contributed by atoms with Crippen molar-refractivity contribution in [2.45, 2.75) is 63.6 Å². The van der Waals surface area contributed by atoms with Gasteiger partial charge in [-0.1, -0.05) is 43.6 Å². The maximum atomic E-state index is 15.1. The maximum Gasteiger partial charge on any atom is 0.356 e. The molecule has 1 fully saturated rings. The van der Waals surface area contributed by atoms with Gasteiger partial charge < -0.3 is 21.1 Å². The average molecular weight is 499 g/mol. The Bertz CT molecular complexity index is 965. The fourth-order valence-electron chi connectivity index (χ4n) is 3.77. The number of aliphatic hydroxyl groups is 1. The molecule has 0 spiro atoms. The summed E-state index contributed by atoms with van der Waals surface area (Å²) >= 11 is 5.95. The molecule has 0 aliphatic carbocycles. The van der Waals surface area contributed by atoms with Gasteiger partial charge in [0.1, 0.15) is 12.1 Å². The zero-order valence-corrected chi connectivity index (χ0v) is 20.0. The number of nitrogens with one attached hydrogen (secondary N) is 3. The zero-order valence-electron chi connectivity index (χ0n) is 19.2. The third-order valence-corrected chi connectivity index (χ3v) is 6.11. The molecule has 2 rings (SSSR count). The molecule has 0 saturated carbocycles. The van der Waals surface area contributed by atoms with E-state index >= 15 is 8.78 Å². The van der Waals surface area contributed by atoms with Crippen molar-refractivity contribution in [3.8, 4) is 6.07 Å². The molecule has 1 aliphatic rings. The van der Waals surface area contributed by atoms with Crippen LogP contribution in [0.3, 0.4) is 0 Å². The minimum Gasteiger partial charge on any atom is -0.378 e. The Balaban J connectivity index is 2.18. The maximum absolute atomic E-state index is 15.1. The van der Waals surface area contributed by atoms with E-state index in [9.17, 15) is 24.8 Å². The lowest BCUT2D eigenvalue weighted by atomic mass is 9.88. The summed E-state index contributed by atoms with van der Waals surface area (Å²) in [7, 11) is 0. The first-order valence-electron chi connectivity index (χ1n) is 10.9. The van der Waals surface area contributed by atoms with Crippen LogP contribution >= 0.6 is 11.6 Å². The van der Waals surface area contributed by atoms with Crippen LogP contribution < -0.4 is 16.0 Å². The van der Waals surface area contributed by atoms with Crippen molar-refractivity contribution in [3.63, 3.8) is 0 Å². The van der Waals surface area contributed by atoms with Crippen molar-refractivity contribution < 1.29 is 28.3 Å². The lowest BCUT2D eigenvalue weighted by Crippen LogP contribution is -2.59. The highest BCUT2D eigenvalue weighted by Gasteiger charge is 2.57. The van der Waals surface area contributed by atoms with Crippen LogP contribution in [0.4, 0.5) is 8.78 Å². The van der Waals surface area contributed by atoms with Crippen LogP contribution in [0.2, 0.25) is 5.02 Å². The van der Waals surface area contributed by atoms with Gasteiger partial charge in [-0.2, -0.15) is 14.0 Å². The molecule has 4 atom stereocenters. The number of amides is 3. The van der Waals surface area contributed by atoms with Crippen molar-refractivity contribution >= 4 is 29.3 Å². The van der Waals surface area contributed by atoms with Crippen molar-refractivity contribution in [1.29, 1.82) is 5.26 Å². The van der Waals surface area contributed by atoms with E-state index in [1.54, 1.807) is 13.8 Å². The lowest BCUT2D eigenvalue weighted by Gasteiger charge is -2.33. The van der Waals surface area contributed by atoms with E-state index in [4.69, 9.17) is 11.6 Å². The Morgan fingerprint density at radius 1 is 1.32 bits per heavy atom. The van der Waals surface area contributed by atoms with Crippen LogP contribution in [-0.4, -0.2) is 47.4 Å². The summed E-state index contributed by atoms with van der Waals surface area (Å²) in [6, 6.07) is 4.83. The molecule has 1 saturated heterocycles. The molecule has 1 heterocycles. The lowest BCUT2D eigenvalue weighted by molar-refractivity contribution is -0.192. The average Bonchev–Trinajstić information content (AvgIpc) is 3.16. The Kier molecular flexibility index (Phi) is 8.97. The molecule has 0 aromatic heterocycles. The predicted molar refractivity (Wildman–Crippen MR) is 121 cm³/mol. The van der Waals surface area contributed by atoms with E-state index in [0.29, 0.717) is 13.0 Å². The summed E-state index contributed by atoms with van der Waals surface area (Å²) in [5, 5.41) is 26.9. The van der Waals surface area contributed by atoms with Gasteiger partial charge in [0, 0.05) is 23.0 Å². The SMILES string of the molecule is CC(C)CC(NC(=O)C(F)(F)C(C)(O)c1ccccc1Cl)C(=O)NC(C#N)CC1CCNC1=O. The fraction of sp³-hybridized carbons (Fsp3) is 0.565. The van der Waals surface area contributed by atoms with Crippen molar-refractivity contribution in [2.24, 2.45) is 11.8 Å². The van der Waals surface area contributed by atoms with Gasteiger partial charge in [-0.05, 0) is 38.2 Å². The first-order chi connectivity index (χ1) is 15.8. The summed E-state index contributed by atoms with van der Waals surface area (Å²) in [6.07, 6.45) is 0.583. The third-order valence-electron chi connectivity index (χ3n) is 5.78. The Morgan fingerprint density at radius 3 is 2.50 bits per heavy atom. The van der Waals surface area contributed by atoms with Gasteiger partial charge in [-0.25, -0.2) is 0 Å².